The summed E-state index contributed by atoms with van der Waals surface area (Å²) in [5, 5.41) is 3.98. The van der Waals surface area contributed by atoms with Crippen molar-refractivity contribution in [1.82, 2.24) is 0 Å². The van der Waals surface area contributed by atoms with Crippen LogP contribution in [0.3, 0.4) is 0 Å². The molecule has 0 aliphatic carbocycles. The first-order valence-electron chi connectivity index (χ1n) is 6.46. The zero-order valence-corrected chi connectivity index (χ0v) is 13.0. The molecule has 112 valence electrons. The molecule has 0 saturated carbocycles. The van der Waals surface area contributed by atoms with Crippen LogP contribution in [0.1, 0.15) is 5.56 Å². The SMILES string of the molecule is COc1ccc(OC)c(NCc2cc(Cl)ccc2OC)c1. The average molecular weight is 308 g/mol. The second kappa shape index (κ2) is 7.09. The van der Waals surface area contributed by atoms with Crippen LogP contribution in [0.25, 0.3) is 0 Å². The van der Waals surface area contributed by atoms with Crippen LogP contribution < -0.4 is 19.5 Å². The van der Waals surface area contributed by atoms with Gasteiger partial charge in [-0.2, -0.15) is 0 Å². The van der Waals surface area contributed by atoms with Gasteiger partial charge >= 0.3 is 0 Å². The molecule has 0 aliphatic heterocycles. The van der Waals surface area contributed by atoms with Crippen molar-refractivity contribution in [3.05, 3.63) is 47.0 Å². The van der Waals surface area contributed by atoms with Crippen molar-refractivity contribution in [2.75, 3.05) is 26.6 Å². The normalized spacial score (nSPS) is 10.1. The molecule has 21 heavy (non-hydrogen) atoms. The number of ether oxygens (including phenoxy) is 3. The van der Waals surface area contributed by atoms with Gasteiger partial charge in [0.15, 0.2) is 0 Å². The zero-order valence-electron chi connectivity index (χ0n) is 12.3. The fraction of sp³-hybridized carbons (Fsp3) is 0.250. The van der Waals surface area contributed by atoms with E-state index >= 15 is 0 Å². The highest BCUT2D eigenvalue weighted by molar-refractivity contribution is 6.30. The molecule has 0 aliphatic rings. The first kappa shape index (κ1) is 15.3. The summed E-state index contributed by atoms with van der Waals surface area (Å²) in [6.07, 6.45) is 0. The van der Waals surface area contributed by atoms with E-state index in [9.17, 15) is 0 Å². The Morgan fingerprint density at radius 1 is 0.905 bits per heavy atom. The van der Waals surface area contributed by atoms with Crippen molar-refractivity contribution in [3.8, 4) is 17.2 Å². The molecule has 0 unspecified atom stereocenters. The molecule has 0 heterocycles. The molecule has 2 rings (SSSR count). The Hall–Kier alpha value is -2.07. The Morgan fingerprint density at radius 3 is 2.29 bits per heavy atom. The topological polar surface area (TPSA) is 39.7 Å². The molecule has 0 radical (unpaired) electrons. The average Bonchev–Trinajstić information content (AvgIpc) is 2.52. The van der Waals surface area contributed by atoms with Gasteiger partial charge in [0.05, 0.1) is 27.0 Å². The Kier molecular flexibility index (Phi) is 5.17. The summed E-state index contributed by atoms with van der Waals surface area (Å²) in [7, 11) is 4.90. The zero-order chi connectivity index (χ0) is 15.2. The second-order valence-electron chi connectivity index (χ2n) is 4.38. The molecule has 4 nitrogen and oxygen atoms in total. The van der Waals surface area contributed by atoms with Crippen molar-refractivity contribution in [2.24, 2.45) is 0 Å². The predicted octanol–water partition coefficient (Wildman–Crippen LogP) is 3.98. The van der Waals surface area contributed by atoms with Crippen LogP contribution in [0, 0.1) is 0 Å². The molecule has 0 fully saturated rings. The molecule has 2 aromatic carbocycles. The first-order chi connectivity index (χ1) is 10.2. The number of rotatable bonds is 6. The lowest BCUT2D eigenvalue weighted by Crippen LogP contribution is -2.03. The quantitative estimate of drug-likeness (QED) is 0.876. The standard InChI is InChI=1S/C16H18ClNO3/c1-19-13-5-7-16(21-3)14(9-13)18-10-11-8-12(17)4-6-15(11)20-2/h4-9,18H,10H2,1-3H3. The molecule has 1 N–H and O–H groups in total. The molecular weight excluding hydrogens is 290 g/mol. The van der Waals surface area contributed by atoms with E-state index in [-0.39, 0.29) is 0 Å². The predicted molar refractivity (Wildman–Crippen MR) is 84.9 cm³/mol. The van der Waals surface area contributed by atoms with Crippen LogP contribution in [-0.4, -0.2) is 21.3 Å². The molecule has 0 saturated heterocycles. The Balaban J connectivity index is 2.21. The third-order valence-corrected chi connectivity index (χ3v) is 3.35. The van der Waals surface area contributed by atoms with Gasteiger partial charge in [-0.25, -0.2) is 0 Å². The van der Waals surface area contributed by atoms with E-state index in [1.165, 1.54) is 0 Å². The van der Waals surface area contributed by atoms with Crippen molar-refractivity contribution in [3.63, 3.8) is 0 Å². The minimum absolute atomic E-state index is 0.563. The van der Waals surface area contributed by atoms with E-state index < -0.39 is 0 Å². The van der Waals surface area contributed by atoms with E-state index in [1.807, 2.05) is 30.3 Å². The first-order valence-corrected chi connectivity index (χ1v) is 6.84. The van der Waals surface area contributed by atoms with Gasteiger partial charge in [0.25, 0.3) is 0 Å². The van der Waals surface area contributed by atoms with Gasteiger partial charge in [-0.1, -0.05) is 11.6 Å². The van der Waals surface area contributed by atoms with Crippen LogP contribution in [0.5, 0.6) is 17.2 Å². The van der Waals surface area contributed by atoms with Crippen molar-refractivity contribution in [1.29, 1.82) is 0 Å². The van der Waals surface area contributed by atoms with Crippen LogP contribution in [0.15, 0.2) is 36.4 Å². The van der Waals surface area contributed by atoms with E-state index in [1.54, 1.807) is 27.4 Å². The monoisotopic (exact) mass is 307 g/mol. The summed E-state index contributed by atoms with van der Waals surface area (Å²) < 4.78 is 15.9. The largest absolute Gasteiger partial charge is 0.497 e. The van der Waals surface area contributed by atoms with Crippen molar-refractivity contribution >= 4 is 17.3 Å². The molecule has 0 bridgehead atoms. The van der Waals surface area contributed by atoms with Crippen LogP contribution in [0.2, 0.25) is 5.02 Å². The van der Waals surface area contributed by atoms with Gasteiger partial charge in [-0.15, -0.1) is 0 Å². The van der Waals surface area contributed by atoms with E-state index in [0.29, 0.717) is 11.6 Å². The number of benzene rings is 2. The molecular formula is C16H18ClNO3. The van der Waals surface area contributed by atoms with Gasteiger partial charge in [0, 0.05) is 23.2 Å². The minimum Gasteiger partial charge on any atom is -0.497 e. The van der Waals surface area contributed by atoms with E-state index in [4.69, 9.17) is 25.8 Å². The lowest BCUT2D eigenvalue weighted by molar-refractivity contribution is 0.404. The number of methoxy groups -OCH3 is 3. The molecule has 0 atom stereocenters. The molecule has 0 amide bonds. The summed E-state index contributed by atoms with van der Waals surface area (Å²) in [5.41, 5.74) is 1.81. The minimum atomic E-state index is 0.563. The second-order valence-corrected chi connectivity index (χ2v) is 4.81. The lowest BCUT2D eigenvalue weighted by atomic mass is 10.2. The fourth-order valence-corrected chi connectivity index (χ4v) is 2.22. The maximum absolute atomic E-state index is 6.03. The highest BCUT2D eigenvalue weighted by atomic mass is 35.5. The highest BCUT2D eigenvalue weighted by Crippen LogP contribution is 2.30. The van der Waals surface area contributed by atoms with Crippen LogP contribution >= 0.6 is 11.6 Å². The Bertz CT molecular complexity index is 616. The molecule has 0 spiro atoms. The van der Waals surface area contributed by atoms with Gasteiger partial charge in [-0.3, -0.25) is 0 Å². The fourth-order valence-electron chi connectivity index (χ4n) is 2.03. The van der Waals surface area contributed by atoms with Gasteiger partial charge in [0.2, 0.25) is 0 Å². The maximum Gasteiger partial charge on any atom is 0.142 e. The number of nitrogens with one attached hydrogen (secondary N) is 1. The van der Waals surface area contributed by atoms with Crippen LogP contribution in [0.4, 0.5) is 5.69 Å². The van der Waals surface area contributed by atoms with E-state index in [2.05, 4.69) is 5.32 Å². The molecule has 0 aromatic heterocycles. The summed E-state index contributed by atoms with van der Waals surface area (Å²) in [6.45, 7) is 0.563. The summed E-state index contributed by atoms with van der Waals surface area (Å²) in [6, 6.07) is 11.1. The third kappa shape index (κ3) is 3.73. The lowest BCUT2D eigenvalue weighted by Gasteiger charge is -2.14. The highest BCUT2D eigenvalue weighted by Gasteiger charge is 2.08. The van der Waals surface area contributed by atoms with Crippen molar-refractivity contribution < 1.29 is 14.2 Å². The smallest absolute Gasteiger partial charge is 0.142 e. The van der Waals surface area contributed by atoms with E-state index in [0.717, 1.165) is 28.5 Å². The number of anilines is 1. The Labute approximate surface area is 129 Å². The maximum atomic E-state index is 6.03. The molecule has 5 heteroatoms. The summed E-state index contributed by atoms with van der Waals surface area (Å²) in [4.78, 5) is 0. The number of halogens is 1. The number of hydrogen-bond acceptors (Lipinski definition) is 4. The van der Waals surface area contributed by atoms with Gasteiger partial charge < -0.3 is 19.5 Å². The summed E-state index contributed by atoms with van der Waals surface area (Å²) in [5.74, 6) is 2.29. The third-order valence-electron chi connectivity index (χ3n) is 3.12. The van der Waals surface area contributed by atoms with Gasteiger partial charge in [-0.05, 0) is 30.3 Å². The van der Waals surface area contributed by atoms with Gasteiger partial charge in [0.1, 0.15) is 17.2 Å². The molecule has 2 aromatic rings. The Morgan fingerprint density at radius 2 is 1.62 bits per heavy atom. The number of hydrogen-bond donors (Lipinski definition) is 1. The summed E-state index contributed by atoms with van der Waals surface area (Å²) >= 11 is 6.03. The van der Waals surface area contributed by atoms with Crippen LogP contribution in [-0.2, 0) is 6.54 Å². The van der Waals surface area contributed by atoms with Crippen molar-refractivity contribution in [2.45, 2.75) is 6.54 Å².